The van der Waals surface area contributed by atoms with E-state index in [1.807, 2.05) is 24.1 Å². The largest absolute Gasteiger partial charge is 0.356 e. The van der Waals surface area contributed by atoms with Crippen molar-refractivity contribution in [2.24, 2.45) is 4.99 Å². The average molecular weight is 434 g/mol. The van der Waals surface area contributed by atoms with Crippen LogP contribution in [0.4, 0.5) is 0 Å². The highest BCUT2D eigenvalue weighted by Gasteiger charge is 2.23. The van der Waals surface area contributed by atoms with Crippen LogP contribution < -0.4 is 5.32 Å². The lowest BCUT2D eigenvalue weighted by Crippen LogP contribution is -2.52. The number of hydrogen-bond acceptors (Lipinski definition) is 3. The number of aliphatic imine (C=N–C) groups is 1. The van der Waals surface area contributed by atoms with Crippen LogP contribution in [-0.4, -0.2) is 66.3 Å². The van der Waals surface area contributed by atoms with Gasteiger partial charge in [-0.2, -0.15) is 0 Å². The Kier molecular flexibility index (Phi) is 7.43. The minimum absolute atomic E-state index is 0.239. The van der Waals surface area contributed by atoms with Crippen LogP contribution in [0.5, 0.6) is 0 Å². The van der Waals surface area contributed by atoms with E-state index in [2.05, 4.69) is 63.4 Å². The van der Waals surface area contributed by atoms with Gasteiger partial charge in [-0.15, -0.1) is 0 Å². The number of guanidine groups is 1. The number of hydrogen-bond donors (Lipinski definition) is 1. The summed E-state index contributed by atoms with van der Waals surface area (Å²) < 4.78 is 0. The van der Waals surface area contributed by atoms with Crippen molar-refractivity contribution in [2.75, 3.05) is 39.8 Å². The van der Waals surface area contributed by atoms with Crippen molar-refractivity contribution in [3.05, 3.63) is 70.8 Å². The van der Waals surface area contributed by atoms with E-state index in [4.69, 9.17) is 0 Å². The van der Waals surface area contributed by atoms with E-state index in [-0.39, 0.29) is 5.91 Å². The third kappa shape index (κ3) is 5.68. The Morgan fingerprint density at radius 1 is 0.969 bits per heavy atom. The molecule has 0 aromatic heterocycles. The van der Waals surface area contributed by atoms with E-state index in [9.17, 15) is 4.79 Å². The fourth-order valence-corrected chi connectivity index (χ4v) is 4.63. The SMILES string of the molecule is CN=C(NCCCC(=O)N1Cc2ccccc2C1)N1CCN(Cc2cccc(C)c2)CC1. The summed E-state index contributed by atoms with van der Waals surface area (Å²) in [4.78, 5) is 23.9. The van der Waals surface area contributed by atoms with Crippen molar-refractivity contribution in [1.82, 2.24) is 20.0 Å². The smallest absolute Gasteiger partial charge is 0.223 e. The second kappa shape index (κ2) is 10.6. The second-order valence-electron chi connectivity index (χ2n) is 8.85. The summed E-state index contributed by atoms with van der Waals surface area (Å²) >= 11 is 0. The average Bonchev–Trinajstić information content (AvgIpc) is 3.24. The number of rotatable bonds is 6. The van der Waals surface area contributed by atoms with Crippen LogP contribution >= 0.6 is 0 Å². The van der Waals surface area contributed by atoms with Crippen LogP contribution in [0.15, 0.2) is 53.5 Å². The summed E-state index contributed by atoms with van der Waals surface area (Å²) in [5.41, 5.74) is 5.26. The van der Waals surface area contributed by atoms with Gasteiger partial charge in [0.1, 0.15) is 0 Å². The Hall–Kier alpha value is -2.86. The first-order valence-corrected chi connectivity index (χ1v) is 11.7. The molecule has 32 heavy (non-hydrogen) atoms. The molecule has 6 nitrogen and oxygen atoms in total. The molecule has 1 amide bonds. The van der Waals surface area contributed by atoms with Crippen LogP contribution in [0, 0.1) is 6.92 Å². The summed E-state index contributed by atoms with van der Waals surface area (Å²) in [5, 5.41) is 3.46. The molecule has 2 aliphatic heterocycles. The van der Waals surface area contributed by atoms with Crippen LogP contribution in [-0.2, 0) is 24.4 Å². The molecule has 1 fully saturated rings. The molecular formula is C26H35N5O. The van der Waals surface area contributed by atoms with E-state index < -0.39 is 0 Å². The number of fused-ring (bicyclic) bond motifs is 1. The minimum Gasteiger partial charge on any atom is -0.356 e. The van der Waals surface area contributed by atoms with E-state index in [1.54, 1.807) is 0 Å². The number of carbonyl (C=O) groups is 1. The molecule has 2 heterocycles. The van der Waals surface area contributed by atoms with Crippen LogP contribution in [0.25, 0.3) is 0 Å². The van der Waals surface area contributed by atoms with E-state index >= 15 is 0 Å². The third-order valence-electron chi connectivity index (χ3n) is 6.42. The second-order valence-corrected chi connectivity index (χ2v) is 8.85. The van der Waals surface area contributed by atoms with Gasteiger partial charge in [0.2, 0.25) is 5.91 Å². The Bertz CT molecular complexity index is 924. The zero-order chi connectivity index (χ0) is 22.3. The number of carbonyl (C=O) groups excluding carboxylic acids is 1. The van der Waals surface area contributed by atoms with Gasteiger partial charge < -0.3 is 15.1 Å². The Morgan fingerprint density at radius 3 is 2.34 bits per heavy atom. The molecule has 0 bridgehead atoms. The molecular weight excluding hydrogens is 398 g/mol. The number of nitrogens with one attached hydrogen (secondary N) is 1. The van der Waals surface area contributed by atoms with E-state index in [1.165, 1.54) is 22.3 Å². The minimum atomic E-state index is 0.239. The maximum atomic E-state index is 12.6. The number of nitrogens with zero attached hydrogens (tertiary/aromatic N) is 4. The highest BCUT2D eigenvalue weighted by atomic mass is 16.2. The van der Waals surface area contributed by atoms with Gasteiger partial charge in [0, 0.05) is 65.8 Å². The normalized spacial score (nSPS) is 16.9. The summed E-state index contributed by atoms with van der Waals surface area (Å²) in [6, 6.07) is 17.1. The molecule has 2 aromatic carbocycles. The standard InChI is InChI=1S/C26H35N5O/c1-21-7-5-8-22(17-21)18-29-13-15-30(16-14-29)26(27-2)28-12-6-11-25(32)31-19-23-9-3-4-10-24(23)20-31/h3-5,7-10,17H,6,11-16,18-20H2,1-2H3,(H,27,28). The van der Waals surface area contributed by atoms with Gasteiger partial charge in [0.05, 0.1) is 0 Å². The lowest BCUT2D eigenvalue weighted by molar-refractivity contribution is -0.131. The van der Waals surface area contributed by atoms with Crippen molar-refractivity contribution in [3.63, 3.8) is 0 Å². The van der Waals surface area contributed by atoms with Crippen molar-refractivity contribution in [2.45, 2.75) is 39.4 Å². The van der Waals surface area contributed by atoms with Gasteiger partial charge in [0.15, 0.2) is 5.96 Å². The Labute approximate surface area is 191 Å². The van der Waals surface area contributed by atoms with Crippen LogP contribution in [0.2, 0.25) is 0 Å². The molecule has 2 aromatic rings. The zero-order valence-corrected chi connectivity index (χ0v) is 19.4. The van der Waals surface area contributed by atoms with Gasteiger partial charge in [-0.25, -0.2) is 0 Å². The summed E-state index contributed by atoms with van der Waals surface area (Å²) in [6.07, 6.45) is 1.39. The monoisotopic (exact) mass is 433 g/mol. The molecule has 0 atom stereocenters. The van der Waals surface area contributed by atoms with Crippen molar-refractivity contribution in [1.29, 1.82) is 0 Å². The molecule has 170 valence electrons. The number of piperazine rings is 1. The van der Waals surface area contributed by atoms with Gasteiger partial charge in [-0.05, 0) is 30.0 Å². The summed E-state index contributed by atoms with van der Waals surface area (Å²) in [6.45, 7) is 9.41. The first-order chi connectivity index (χ1) is 15.6. The first-order valence-electron chi connectivity index (χ1n) is 11.7. The van der Waals surface area contributed by atoms with E-state index in [0.717, 1.165) is 64.7 Å². The predicted octanol–water partition coefficient (Wildman–Crippen LogP) is 3.01. The Morgan fingerprint density at radius 2 is 1.69 bits per heavy atom. The lowest BCUT2D eigenvalue weighted by Gasteiger charge is -2.36. The van der Waals surface area contributed by atoms with Crippen LogP contribution in [0.3, 0.4) is 0 Å². The Balaban J connectivity index is 1.15. The molecule has 0 unspecified atom stereocenters. The van der Waals surface area contributed by atoms with Crippen molar-refractivity contribution in [3.8, 4) is 0 Å². The first kappa shape index (κ1) is 22.3. The quantitative estimate of drug-likeness (QED) is 0.432. The maximum absolute atomic E-state index is 12.6. The van der Waals surface area contributed by atoms with Gasteiger partial charge in [-0.3, -0.25) is 14.7 Å². The summed E-state index contributed by atoms with van der Waals surface area (Å²) in [5.74, 6) is 1.18. The zero-order valence-electron chi connectivity index (χ0n) is 19.4. The van der Waals surface area contributed by atoms with Gasteiger partial charge >= 0.3 is 0 Å². The molecule has 1 N–H and O–H groups in total. The maximum Gasteiger partial charge on any atom is 0.223 e. The number of aryl methyl sites for hydroxylation is 1. The molecule has 4 rings (SSSR count). The fraction of sp³-hybridized carbons (Fsp3) is 0.462. The molecule has 6 heteroatoms. The molecule has 2 aliphatic rings. The molecule has 0 spiro atoms. The van der Waals surface area contributed by atoms with Gasteiger partial charge in [-0.1, -0.05) is 54.1 Å². The van der Waals surface area contributed by atoms with E-state index in [0.29, 0.717) is 6.42 Å². The molecule has 0 radical (unpaired) electrons. The predicted molar refractivity (Wildman–Crippen MR) is 129 cm³/mol. The van der Waals surface area contributed by atoms with Gasteiger partial charge in [0.25, 0.3) is 0 Å². The highest BCUT2D eigenvalue weighted by Crippen LogP contribution is 2.22. The van der Waals surface area contributed by atoms with Crippen molar-refractivity contribution >= 4 is 11.9 Å². The topological polar surface area (TPSA) is 51.2 Å². The third-order valence-corrected chi connectivity index (χ3v) is 6.42. The fourth-order valence-electron chi connectivity index (χ4n) is 4.63. The van der Waals surface area contributed by atoms with Crippen LogP contribution in [0.1, 0.15) is 35.1 Å². The number of benzene rings is 2. The summed E-state index contributed by atoms with van der Waals surface area (Å²) in [7, 11) is 1.84. The number of amides is 1. The highest BCUT2D eigenvalue weighted by molar-refractivity contribution is 5.80. The molecule has 0 saturated carbocycles. The molecule has 1 saturated heterocycles. The van der Waals surface area contributed by atoms with Crippen molar-refractivity contribution < 1.29 is 4.79 Å². The molecule has 0 aliphatic carbocycles. The lowest BCUT2D eigenvalue weighted by atomic mass is 10.1.